The van der Waals surface area contributed by atoms with Gasteiger partial charge in [-0.2, -0.15) is 0 Å². The van der Waals surface area contributed by atoms with Crippen molar-refractivity contribution in [2.75, 3.05) is 13.2 Å². The van der Waals surface area contributed by atoms with E-state index in [-0.39, 0.29) is 24.0 Å². The second-order valence-corrected chi connectivity index (χ2v) is 2.20. The van der Waals surface area contributed by atoms with Crippen LogP contribution in [0.15, 0.2) is 37.8 Å². The third kappa shape index (κ3) is 2.96. The lowest BCUT2D eigenvalue weighted by Gasteiger charge is -2.15. The Morgan fingerprint density at radius 2 is 2.09 bits per heavy atom. The van der Waals surface area contributed by atoms with E-state index in [1.807, 2.05) is 23.4 Å². The molecule has 0 atom stereocenters. The van der Waals surface area contributed by atoms with Gasteiger partial charge in [0.25, 0.3) is 0 Å². The molecule has 3 heteroatoms. The third-order valence-electron chi connectivity index (χ3n) is 1.41. The molecule has 0 radical (unpaired) electrons. The Morgan fingerprint density at radius 3 is 2.55 bits per heavy atom. The van der Waals surface area contributed by atoms with Crippen molar-refractivity contribution in [2.45, 2.75) is 0 Å². The van der Waals surface area contributed by atoms with E-state index >= 15 is 0 Å². The van der Waals surface area contributed by atoms with Gasteiger partial charge in [0, 0.05) is 18.9 Å². The van der Waals surface area contributed by atoms with Crippen molar-refractivity contribution in [3.8, 4) is 0 Å². The molecule has 0 aliphatic carbocycles. The molecule has 1 rings (SSSR count). The first kappa shape index (κ1) is 10.6. The van der Waals surface area contributed by atoms with Gasteiger partial charge in [0.1, 0.15) is 0 Å². The van der Waals surface area contributed by atoms with E-state index in [0.29, 0.717) is 0 Å². The van der Waals surface area contributed by atoms with E-state index in [2.05, 4.69) is 18.1 Å². The monoisotopic (exact) mass is 264 g/mol. The van der Waals surface area contributed by atoms with Crippen LogP contribution in [-0.4, -0.2) is 23.0 Å². The maximum Gasteiger partial charge on any atom is 0.0939 e. The average Bonchev–Trinajstić information content (AvgIpc) is 2.37. The van der Waals surface area contributed by atoms with Crippen LogP contribution in [0.2, 0.25) is 0 Å². The van der Waals surface area contributed by atoms with Crippen molar-refractivity contribution in [1.29, 1.82) is 0 Å². The lowest BCUT2D eigenvalue weighted by Crippen LogP contribution is -2.21. The summed E-state index contributed by atoms with van der Waals surface area (Å²) in [5.74, 6) is 0. The Morgan fingerprint density at radius 1 is 1.36 bits per heavy atom. The molecule has 0 N–H and O–H groups in total. The molecule has 11 heavy (non-hydrogen) atoms. The largest absolute Gasteiger partial charge is 0.355 e. The Bertz CT molecular complexity index is 165. The van der Waals surface area contributed by atoms with Crippen LogP contribution in [-0.2, 0) is 0 Å². The number of halogens is 1. The lowest BCUT2D eigenvalue weighted by molar-refractivity contribution is 0.340. The molecular formula is C8H13IN2. The lowest BCUT2D eigenvalue weighted by atomic mass is 10.6. The van der Waals surface area contributed by atoms with Crippen molar-refractivity contribution in [3.05, 3.63) is 37.8 Å². The van der Waals surface area contributed by atoms with E-state index in [1.165, 1.54) is 0 Å². The van der Waals surface area contributed by atoms with Crippen LogP contribution in [0.1, 0.15) is 0 Å². The van der Waals surface area contributed by atoms with Crippen LogP contribution >= 0.6 is 24.0 Å². The molecule has 62 valence electrons. The molecule has 0 bridgehead atoms. The topological polar surface area (TPSA) is 6.48 Å². The number of rotatable bonds is 3. The summed E-state index contributed by atoms with van der Waals surface area (Å²) < 4.78 is 0. The molecule has 0 amide bonds. The van der Waals surface area contributed by atoms with Gasteiger partial charge in [-0.25, -0.2) is 0 Å². The minimum absolute atomic E-state index is 0. The predicted octanol–water partition coefficient (Wildman–Crippen LogP) is 1.98. The minimum atomic E-state index is 0. The molecule has 1 heterocycles. The fraction of sp³-hybridized carbons (Fsp3) is 0.250. The Kier molecular flexibility index (Phi) is 5.02. The maximum atomic E-state index is 3.66. The molecule has 0 saturated heterocycles. The molecule has 0 fully saturated rings. The molecule has 1 aliphatic heterocycles. The van der Waals surface area contributed by atoms with Gasteiger partial charge in [-0.05, 0) is 6.20 Å². The molecule has 1 aliphatic rings. The highest BCUT2D eigenvalue weighted by molar-refractivity contribution is 14.0. The van der Waals surface area contributed by atoms with Gasteiger partial charge in [0.05, 0.1) is 6.67 Å². The zero-order chi connectivity index (χ0) is 7.40. The zero-order valence-electron chi connectivity index (χ0n) is 6.44. The second-order valence-electron chi connectivity index (χ2n) is 2.20. The van der Waals surface area contributed by atoms with E-state index in [4.69, 9.17) is 0 Å². The van der Waals surface area contributed by atoms with Crippen molar-refractivity contribution >= 4 is 24.0 Å². The van der Waals surface area contributed by atoms with Gasteiger partial charge in [-0.1, -0.05) is 12.7 Å². The van der Waals surface area contributed by atoms with Gasteiger partial charge >= 0.3 is 0 Å². The first-order chi connectivity index (χ1) is 4.86. The van der Waals surface area contributed by atoms with E-state index in [0.717, 1.165) is 13.2 Å². The van der Waals surface area contributed by atoms with Crippen LogP contribution < -0.4 is 0 Å². The standard InChI is InChI=1S/C8H12N2.HI/c1-3-5-10-7-6-9(4-2)8-10;/h3-4,6-7H,1-2,5,8H2;1H. The summed E-state index contributed by atoms with van der Waals surface area (Å²) >= 11 is 0. The Balaban J connectivity index is 0.000001000. The fourth-order valence-corrected chi connectivity index (χ4v) is 0.887. The molecule has 0 spiro atoms. The highest BCUT2D eigenvalue weighted by Crippen LogP contribution is 2.04. The average molecular weight is 264 g/mol. The Hall–Kier alpha value is -0.450. The first-order valence-corrected chi connectivity index (χ1v) is 3.28. The third-order valence-corrected chi connectivity index (χ3v) is 1.41. The smallest absolute Gasteiger partial charge is 0.0939 e. The molecule has 0 aromatic rings. The zero-order valence-corrected chi connectivity index (χ0v) is 8.77. The van der Waals surface area contributed by atoms with E-state index in [1.54, 1.807) is 6.20 Å². The van der Waals surface area contributed by atoms with Crippen molar-refractivity contribution in [2.24, 2.45) is 0 Å². The van der Waals surface area contributed by atoms with Crippen LogP contribution in [0, 0.1) is 0 Å². The molecule has 0 aromatic heterocycles. The summed E-state index contributed by atoms with van der Waals surface area (Å²) in [6.45, 7) is 9.12. The van der Waals surface area contributed by atoms with Gasteiger partial charge in [0.15, 0.2) is 0 Å². The number of nitrogens with zero attached hydrogens (tertiary/aromatic N) is 2. The molecule has 0 unspecified atom stereocenters. The highest BCUT2D eigenvalue weighted by atomic mass is 127. The van der Waals surface area contributed by atoms with Gasteiger partial charge in [-0.3, -0.25) is 0 Å². The van der Waals surface area contributed by atoms with Crippen molar-refractivity contribution < 1.29 is 0 Å². The molecular weight excluding hydrogens is 251 g/mol. The van der Waals surface area contributed by atoms with Crippen LogP contribution in [0.3, 0.4) is 0 Å². The van der Waals surface area contributed by atoms with Crippen LogP contribution in [0.25, 0.3) is 0 Å². The van der Waals surface area contributed by atoms with Gasteiger partial charge in [-0.15, -0.1) is 30.6 Å². The van der Waals surface area contributed by atoms with Crippen molar-refractivity contribution in [1.82, 2.24) is 9.80 Å². The summed E-state index contributed by atoms with van der Waals surface area (Å²) in [4.78, 5) is 4.16. The van der Waals surface area contributed by atoms with Gasteiger partial charge < -0.3 is 9.80 Å². The summed E-state index contributed by atoms with van der Waals surface area (Å²) in [7, 11) is 0. The maximum absolute atomic E-state index is 3.66. The quantitative estimate of drug-likeness (QED) is 0.568. The summed E-state index contributed by atoms with van der Waals surface area (Å²) in [6.07, 6.45) is 7.72. The van der Waals surface area contributed by atoms with E-state index in [9.17, 15) is 0 Å². The SMILES string of the molecule is C=CCN1C=CN(C=C)C1.I. The number of hydrogen-bond donors (Lipinski definition) is 0. The van der Waals surface area contributed by atoms with Gasteiger partial charge in [0.2, 0.25) is 0 Å². The van der Waals surface area contributed by atoms with Crippen LogP contribution in [0.4, 0.5) is 0 Å². The van der Waals surface area contributed by atoms with Crippen molar-refractivity contribution in [3.63, 3.8) is 0 Å². The Labute approximate surface area is 84.9 Å². The first-order valence-electron chi connectivity index (χ1n) is 3.28. The summed E-state index contributed by atoms with van der Waals surface area (Å²) in [6, 6.07) is 0. The highest BCUT2D eigenvalue weighted by Gasteiger charge is 2.05. The fourth-order valence-electron chi connectivity index (χ4n) is 0.887. The predicted molar refractivity (Wildman–Crippen MR) is 58.4 cm³/mol. The summed E-state index contributed by atoms with van der Waals surface area (Å²) in [5, 5.41) is 0. The molecule has 0 aromatic carbocycles. The molecule has 0 saturated carbocycles. The number of hydrogen-bond acceptors (Lipinski definition) is 2. The second kappa shape index (κ2) is 5.23. The minimum Gasteiger partial charge on any atom is -0.355 e. The normalized spacial score (nSPS) is 14.5. The van der Waals surface area contributed by atoms with E-state index < -0.39 is 0 Å². The molecule has 2 nitrogen and oxygen atoms in total. The van der Waals surface area contributed by atoms with Crippen LogP contribution in [0.5, 0.6) is 0 Å². The summed E-state index contributed by atoms with van der Waals surface area (Å²) in [5.41, 5.74) is 0.